The van der Waals surface area contributed by atoms with Gasteiger partial charge in [-0.15, -0.1) is 0 Å². The van der Waals surface area contributed by atoms with Crippen LogP contribution in [0.4, 0.5) is 10.1 Å². The van der Waals surface area contributed by atoms with Gasteiger partial charge in [0, 0.05) is 38.8 Å². The third kappa shape index (κ3) is 6.25. The number of ether oxygens (including phenoxy) is 2. The van der Waals surface area contributed by atoms with Gasteiger partial charge < -0.3 is 19.3 Å². The highest BCUT2D eigenvalue weighted by Gasteiger charge is 2.31. The first-order chi connectivity index (χ1) is 18.3. The number of halogens is 1. The lowest BCUT2D eigenvalue weighted by atomic mass is 10.1. The molecule has 3 aromatic carbocycles. The highest BCUT2D eigenvalue weighted by atomic mass is 32.2. The van der Waals surface area contributed by atoms with Crippen molar-refractivity contribution in [1.29, 1.82) is 0 Å². The van der Waals surface area contributed by atoms with Crippen LogP contribution in [-0.2, 0) is 21.2 Å². The molecule has 0 radical (unpaired) electrons. The van der Waals surface area contributed by atoms with Gasteiger partial charge in [0.1, 0.15) is 5.82 Å². The van der Waals surface area contributed by atoms with Gasteiger partial charge in [-0.25, -0.2) is 12.8 Å². The summed E-state index contributed by atoms with van der Waals surface area (Å²) in [6.07, 6.45) is 0.446. The van der Waals surface area contributed by atoms with E-state index in [-0.39, 0.29) is 35.5 Å². The van der Waals surface area contributed by atoms with Crippen molar-refractivity contribution < 1.29 is 27.1 Å². The molecule has 0 aromatic heterocycles. The minimum Gasteiger partial charge on any atom is -0.493 e. The number of methoxy groups -OCH3 is 2. The van der Waals surface area contributed by atoms with E-state index in [0.29, 0.717) is 44.0 Å². The topological polar surface area (TPSA) is 79.4 Å². The highest BCUT2D eigenvalue weighted by Crippen LogP contribution is 2.31. The Hall–Kier alpha value is -3.63. The quantitative estimate of drug-likeness (QED) is 0.392. The van der Waals surface area contributed by atoms with Crippen molar-refractivity contribution in [1.82, 2.24) is 9.21 Å². The van der Waals surface area contributed by atoms with E-state index in [1.54, 1.807) is 23.1 Å². The van der Waals surface area contributed by atoms with Crippen molar-refractivity contribution in [3.8, 4) is 11.5 Å². The van der Waals surface area contributed by atoms with Gasteiger partial charge in [-0.2, -0.15) is 4.31 Å². The van der Waals surface area contributed by atoms with Crippen molar-refractivity contribution in [2.75, 3.05) is 58.4 Å². The van der Waals surface area contributed by atoms with E-state index in [1.165, 1.54) is 42.8 Å². The molecular weight excluding hydrogens is 509 g/mol. The Bertz CT molecular complexity index is 1350. The summed E-state index contributed by atoms with van der Waals surface area (Å²) >= 11 is 0. The van der Waals surface area contributed by atoms with Gasteiger partial charge in [0.25, 0.3) is 0 Å². The van der Waals surface area contributed by atoms with Crippen molar-refractivity contribution in [2.45, 2.75) is 11.3 Å². The first-order valence-corrected chi connectivity index (χ1v) is 13.8. The molecule has 38 heavy (non-hydrogen) atoms. The van der Waals surface area contributed by atoms with Gasteiger partial charge in [-0.3, -0.25) is 4.79 Å². The fourth-order valence-corrected chi connectivity index (χ4v) is 5.87. The molecule has 1 fully saturated rings. The fraction of sp³-hybridized carbons (Fsp3) is 0.321. The lowest BCUT2D eigenvalue weighted by molar-refractivity contribution is -0.131. The molecule has 0 atom stereocenters. The monoisotopic (exact) mass is 541 g/mol. The molecule has 1 amide bonds. The molecule has 1 saturated heterocycles. The highest BCUT2D eigenvalue weighted by molar-refractivity contribution is 7.89. The molecule has 0 aliphatic carbocycles. The van der Waals surface area contributed by atoms with Crippen LogP contribution in [-0.4, -0.2) is 77.0 Å². The predicted octanol–water partition coefficient (Wildman–Crippen LogP) is 3.43. The summed E-state index contributed by atoms with van der Waals surface area (Å²) in [5.74, 6) is 0.0916. The number of amides is 1. The van der Waals surface area contributed by atoms with E-state index in [0.717, 1.165) is 5.56 Å². The number of nitrogens with zero attached hydrogens (tertiary/aromatic N) is 3. The predicted molar refractivity (Wildman–Crippen MR) is 144 cm³/mol. The largest absolute Gasteiger partial charge is 0.493 e. The number of piperazine rings is 1. The van der Waals surface area contributed by atoms with E-state index in [2.05, 4.69) is 0 Å². The number of sulfonamides is 1. The second-order valence-electron chi connectivity index (χ2n) is 8.91. The summed E-state index contributed by atoms with van der Waals surface area (Å²) < 4.78 is 53.4. The summed E-state index contributed by atoms with van der Waals surface area (Å²) in [7, 11) is -1.12. The van der Waals surface area contributed by atoms with Gasteiger partial charge in [0.15, 0.2) is 11.5 Å². The molecule has 1 aliphatic heterocycles. The van der Waals surface area contributed by atoms with Crippen LogP contribution < -0.4 is 14.4 Å². The Kier molecular flexibility index (Phi) is 8.85. The average molecular weight is 542 g/mol. The van der Waals surface area contributed by atoms with Crippen molar-refractivity contribution in [3.63, 3.8) is 0 Å². The van der Waals surface area contributed by atoms with Gasteiger partial charge >= 0.3 is 0 Å². The summed E-state index contributed by atoms with van der Waals surface area (Å²) in [6, 6.07) is 20.5. The molecule has 202 valence electrons. The number of hydrogen-bond acceptors (Lipinski definition) is 6. The molecule has 1 heterocycles. The molecule has 0 N–H and O–H groups in total. The zero-order valence-electron chi connectivity index (χ0n) is 21.5. The molecular formula is C28H32FN3O5S. The first-order valence-electron chi connectivity index (χ1n) is 12.4. The van der Waals surface area contributed by atoms with Gasteiger partial charge in [0.05, 0.1) is 31.3 Å². The van der Waals surface area contributed by atoms with Crippen molar-refractivity contribution >= 4 is 21.6 Å². The lowest BCUT2D eigenvalue weighted by Crippen LogP contribution is -2.52. The number of rotatable bonds is 10. The second kappa shape index (κ2) is 12.3. The van der Waals surface area contributed by atoms with E-state index in [1.807, 2.05) is 35.2 Å². The number of carbonyl (C=O) groups excluding carboxylic acids is 1. The zero-order valence-corrected chi connectivity index (χ0v) is 22.4. The smallest absolute Gasteiger partial charge is 0.243 e. The summed E-state index contributed by atoms with van der Waals surface area (Å²) in [5.41, 5.74) is 1.46. The minimum atomic E-state index is -4.03. The van der Waals surface area contributed by atoms with Gasteiger partial charge in [-0.05, 0) is 36.2 Å². The fourth-order valence-electron chi connectivity index (χ4n) is 4.46. The number of hydrogen-bond donors (Lipinski definition) is 0. The van der Waals surface area contributed by atoms with Crippen LogP contribution in [0.5, 0.6) is 11.5 Å². The molecule has 0 bridgehead atoms. The molecule has 1 aliphatic rings. The molecule has 4 rings (SSSR count). The summed E-state index contributed by atoms with van der Waals surface area (Å²) in [6.45, 7) is 1.48. The van der Waals surface area contributed by atoms with Gasteiger partial charge in [0.2, 0.25) is 15.9 Å². The number of carbonyl (C=O) groups is 1. The third-order valence-electron chi connectivity index (χ3n) is 6.62. The van der Waals surface area contributed by atoms with Crippen LogP contribution in [0.2, 0.25) is 0 Å². The van der Waals surface area contributed by atoms with Crippen LogP contribution in [0.1, 0.15) is 5.56 Å². The van der Waals surface area contributed by atoms with Crippen molar-refractivity contribution in [2.24, 2.45) is 0 Å². The summed E-state index contributed by atoms with van der Waals surface area (Å²) in [5, 5.41) is 0. The van der Waals surface area contributed by atoms with Crippen LogP contribution in [0.15, 0.2) is 77.7 Å². The molecule has 10 heteroatoms. The van der Waals surface area contributed by atoms with E-state index >= 15 is 0 Å². The number of anilines is 1. The van der Waals surface area contributed by atoms with Crippen LogP contribution >= 0.6 is 0 Å². The standard InChI is InChI=1S/C28H32FN3O5S/c1-36-26-13-12-23(20-27(26)37-2)38(34,35)32(15-14-22-8-4-3-5-9-22)21-28(33)31-18-16-30(17-19-31)25-11-7-6-10-24(25)29/h3-13,20H,14-19,21H2,1-2H3. The minimum absolute atomic E-state index is 0.0142. The van der Waals surface area contributed by atoms with E-state index in [9.17, 15) is 17.6 Å². The molecule has 0 spiro atoms. The maximum atomic E-state index is 14.2. The Morgan fingerprint density at radius 1 is 0.895 bits per heavy atom. The SMILES string of the molecule is COc1ccc(S(=O)(=O)N(CCc2ccccc2)CC(=O)N2CCN(c3ccccc3F)CC2)cc1OC. The van der Waals surface area contributed by atoms with Gasteiger partial charge in [-0.1, -0.05) is 42.5 Å². The van der Waals surface area contributed by atoms with Crippen LogP contribution in [0.25, 0.3) is 0 Å². The van der Waals surface area contributed by atoms with E-state index in [4.69, 9.17) is 9.47 Å². The maximum Gasteiger partial charge on any atom is 0.243 e. The molecule has 0 saturated carbocycles. The Labute approximate surface area is 223 Å². The van der Waals surface area contributed by atoms with Crippen LogP contribution in [0.3, 0.4) is 0 Å². The molecule has 8 nitrogen and oxygen atoms in total. The third-order valence-corrected chi connectivity index (χ3v) is 8.46. The normalized spacial score (nSPS) is 14.0. The lowest BCUT2D eigenvalue weighted by Gasteiger charge is -2.37. The molecule has 0 unspecified atom stereocenters. The second-order valence-corrected chi connectivity index (χ2v) is 10.8. The average Bonchev–Trinajstić information content (AvgIpc) is 2.95. The van der Waals surface area contributed by atoms with Crippen molar-refractivity contribution in [3.05, 3.63) is 84.2 Å². The van der Waals surface area contributed by atoms with Crippen LogP contribution in [0, 0.1) is 5.82 Å². The number of benzene rings is 3. The Morgan fingerprint density at radius 2 is 1.55 bits per heavy atom. The van der Waals surface area contributed by atoms with E-state index < -0.39 is 10.0 Å². The zero-order chi connectivity index (χ0) is 27.1. The maximum absolute atomic E-state index is 14.2. The summed E-state index contributed by atoms with van der Waals surface area (Å²) in [4.78, 5) is 16.9. The number of para-hydroxylation sites is 1. The molecule has 3 aromatic rings. The Balaban J connectivity index is 1.51. The Morgan fingerprint density at radius 3 is 2.21 bits per heavy atom. The first kappa shape index (κ1) is 27.4.